The van der Waals surface area contributed by atoms with E-state index >= 15 is 0 Å². The number of nitrogens with zero attached hydrogens (tertiary/aromatic N) is 2. The second-order valence-electron chi connectivity index (χ2n) is 5.96. The minimum atomic E-state index is 0.194. The molecule has 0 spiro atoms. The van der Waals surface area contributed by atoms with E-state index in [9.17, 15) is 0 Å². The number of fused-ring (bicyclic) bond motifs is 1. The predicted molar refractivity (Wildman–Crippen MR) is 96.4 cm³/mol. The quantitative estimate of drug-likeness (QED) is 0.642. The molecule has 3 aromatic rings. The smallest absolute Gasteiger partial charge is 0.122 e. The third-order valence-corrected chi connectivity index (χ3v) is 4.17. The van der Waals surface area contributed by atoms with Gasteiger partial charge in [-0.25, -0.2) is 4.98 Å². The number of aryl methyl sites for hydroxylation is 3. The fourth-order valence-electron chi connectivity index (χ4n) is 2.93. The maximum atomic E-state index is 9.10. The number of aliphatic hydroxyl groups excluding tert-OH is 1. The van der Waals surface area contributed by atoms with E-state index < -0.39 is 0 Å². The molecule has 0 saturated heterocycles. The Morgan fingerprint density at radius 3 is 2.67 bits per heavy atom. The van der Waals surface area contributed by atoms with Crippen molar-refractivity contribution in [2.75, 3.05) is 13.2 Å². The van der Waals surface area contributed by atoms with Gasteiger partial charge in [0.2, 0.25) is 0 Å². The minimum absolute atomic E-state index is 0.194. The zero-order chi connectivity index (χ0) is 16.8. The number of aliphatic hydroxyl groups is 1. The molecule has 4 heteroatoms. The van der Waals surface area contributed by atoms with Crippen LogP contribution in [-0.2, 0) is 13.0 Å². The fourth-order valence-corrected chi connectivity index (χ4v) is 2.93. The molecule has 2 aromatic carbocycles. The summed E-state index contributed by atoms with van der Waals surface area (Å²) < 4.78 is 8.15. The van der Waals surface area contributed by atoms with Crippen molar-refractivity contribution < 1.29 is 9.84 Å². The Bertz CT molecular complexity index is 795. The molecule has 0 saturated carbocycles. The lowest BCUT2D eigenvalue weighted by Crippen LogP contribution is -2.09. The molecule has 126 valence electrons. The lowest BCUT2D eigenvalue weighted by Gasteiger charge is -2.11. The van der Waals surface area contributed by atoms with Crippen LogP contribution < -0.4 is 4.74 Å². The number of imidazole rings is 1. The first-order chi connectivity index (χ1) is 11.8. The van der Waals surface area contributed by atoms with Crippen molar-refractivity contribution in [1.29, 1.82) is 0 Å². The summed E-state index contributed by atoms with van der Waals surface area (Å²) in [5, 5.41) is 9.10. The number of para-hydroxylation sites is 3. The highest BCUT2D eigenvalue weighted by atomic mass is 16.5. The maximum Gasteiger partial charge on any atom is 0.122 e. The first-order valence-electron chi connectivity index (χ1n) is 8.53. The second kappa shape index (κ2) is 7.97. The van der Waals surface area contributed by atoms with Crippen LogP contribution >= 0.6 is 0 Å². The molecule has 0 atom stereocenters. The van der Waals surface area contributed by atoms with E-state index in [2.05, 4.69) is 23.6 Å². The van der Waals surface area contributed by atoms with Gasteiger partial charge in [-0.3, -0.25) is 0 Å². The molecular weight excluding hydrogens is 300 g/mol. The molecule has 4 nitrogen and oxygen atoms in total. The Balaban J connectivity index is 1.66. The van der Waals surface area contributed by atoms with Crippen molar-refractivity contribution in [3.8, 4) is 5.75 Å². The first-order valence-corrected chi connectivity index (χ1v) is 8.53. The topological polar surface area (TPSA) is 47.3 Å². The third kappa shape index (κ3) is 3.77. The van der Waals surface area contributed by atoms with Crippen LogP contribution in [-0.4, -0.2) is 27.9 Å². The average molecular weight is 324 g/mol. The third-order valence-electron chi connectivity index (χ3n) is 4.17. The van der Waals surface area contributed by atoms with Gasteiger partial charge in [-0.15, -0.1) is 0 Å². The molecular formula is C20H24N2O2. The second-order valence-corrected chi connectivity index (χ2v) is 5.96. The van der Waals surface area contributed by atoms with Crippen LogP contribution in [0.5, 0.6) is 5.75 Å². The Kier molecular flexibility index (Phi) is 5.49. The number of rotatable bonds is 8. The van der Waals surface area contributed by atoms with Crippen LogP contribution in [0.25, 0.3) is 11.0 Å². The molecule has 0 aliphatic heterocycles. The summed E-state index contributed by atoms with van der Waals surface area (Å²) in [6, 6.07) is 16.3. The van der Waals surface area contributed by atoms with Gasteiger partial charge in [0.05, 0.1) is 17.6 Å². The monoisotopic (exact) mass is 324 g/mol. The van der Waals surface area contributed by atoms with Crippen molar-refractivity contribution in [2.45, 2.75) is 32.7 Å². The summed E-state index contributed by atoms with van der Waals surface area (Å²) >= 11 is 0. The van der Waals surface area contributed by atoms with Gasteiger partial charge in [-0.2, -0.15) is 0 Å². The lowest BCUT2D eigenvalue weighted by atomic mass is 10.2. The molecule has 1 N–H and O–H groups in total. The Morgan fingerprint density at radius 1 is 1.04 bits per heavy atom. The van der Waals surface area contributed by atoms with Crippen molar-refractivity contribution in [3.05, 3.63) is 59.9 Å². The summed E-state index contributed by atoms with van der Waals surface area (Å²) in [6.45, 7) is 3.80. The SMILES string of the molecule is Cc1ccccc1OCCCn1c(CCCO)nc2ccccc21. The number of hydrogen-bond donors (Lipinski definition) is 1. The van der Waals surface area contributed by atoms with Gasteiger partial charge < -0.3 is 14.4 Å². The number of hydrogen-bond acceptors (Lipinski definition) is 3. The van der Waals surface area contributed by atoms with Gasteiger partial charge in [-0.05, 0) is 43.5 Å². The fraction of sp³-hybridized carbons (Fsp3) is 0.350. The molecule has 0 aliphatic rings. The summed E-state index contributed by atoms with van der Waals surface area (Å²) in [7, 11) is 0. The Labute approximate surface area is 142 Å². The number of benzene rings is 2. The molecule has 0 bridgehead atoms. The molecule has 0 fully saturated rings. The van der Waals surface area contributed by atoms with E-state index in [0.717, 1.165) is 54.0 Å². The van der Waals surface area contributed by atoms with Crippen molar-refractivity contribution in [2.24, 2.45) is 0 Å². The van der Waals surface area contributed by atoms with Crippen LogP contribution in [0.3, 0.4) is 0 Å². The van der Waals surface area contributed by atoms with Gasteiger partial charge in [0, 0.05) is 19.6 Å². The number of ether oxygens (including phenoxy) is 1. The van der Waals surface area contributed by atoms with Gasteiger partial charge in [-0.1, -0.05) is 30.3 Å². The van der Waals surface area contributed by atoms with Crippen molar-refractivity contribution in [1.82, 2.24) is 9.55 Å². The maximum absolute atomic E-state index is 9.10. The van der Waals surface area contributed by atoms with Gasteiger partial charge in [0.15, 0.2) is 0 Å². The van der Waals surface area contributed by atoms with E-state index in [4.69, 9.17) is 14.8 Å². The van der Waals surface area contributed by atoms with Crippen LogP contribution in [0.1, 0.15) is 24.2 Å². The predicted octanol–water partition coefficient (Wildman–Crippen LogP) is 3.74. The van der Waals surface area contributed by atoms with E-state index in [-0.39, 0.29) is 6.61 Å². The van der Waals surface area contributed by atoms with Gasteiger partial charge in [0.25, 0.3) is 0 Å². The lowest BCUT2D eigenvalue weighted by molar-refractivity contribution is 0.285. The van der Waals surface area contributed by atoms with Gasteiger partial charge >= 0.3 is 0 Å². The molecule has 0 aliphatic carbocycles. The molecule has 3 rings (SSSR count). The van der Waals surface area contributed by atoms with Crippen LogP contribution in [0.15, 0.2) is 48.5 Å². The zero-order valence-corrected chi connectivity index (χ0v) is 14.1. The van der Waals surface area contributed by atoms with Crippen LogP contribution in [0, 0.1) is 6.92 Å². The van der Waals surface area contributed by atoms with Crippen molar-refractivity contribution in [3.63, 3.8) is 0 Å². The minimum Gasteiger partial charge on any atom is -0.493 e. The summed E-state index contributed by atoms with van der Waals surface area (Å²) in [6.07, 6.45) is 2.45. The Morgan fingerprint density at radius 2 is 1.83 bits per heavy atom. The molecule has 1 heterocycles. The average Bonchev–Trinajstić information content (AvgIpc) is 2.96. The highest BCUT2D eigenvalue weighted by Crippen LogP contribution is 2.19. The zero-order valence-electron chi connectivity index (χ0n) is 14.1. The molecule has 24 heavy (non-hydrogen) atoms. The highest BCUT2D eigenvalue weighted by Gasteiger charge is 2.10. The van der Waals surface area contributed by atoms with E-state index in [1.54, 1.807) is 0 Å². The number of aromatic nitrogens is 2. The van der Waals surface area contributed by atoms with Crippen LogP contribution in [0.2, 0.25) is 0 Å². The highest BCUT2D eigenvalue weighted by molar-refractivity contribution is 5.75. The molecule has 1 aromatic heterocycles. The van der Waals surface area contributed by atoms with E-state index in [1.807, 2.05) is 36.4 Å². The van der Waals surface area contributed by atoms with E-state index in [0.29, 0.717) is 6.61 Å². The van der Waals surface area contributed by atoms with Gasteiger partial charge in [0.1, 0.15) is 11.6 Å². The molecule has 0 amide bonds. The summed E-state index contributed by atoms with van der Waals surface area (Å²) in [5.41, 5.74) is 3.33. The Hall–Kier alpha value is -2.33. The van der Waals surface area contributed by atoms with Crippen molar-refractivity contribution >= 4 is 11.0 Å². The summed E-state index contributed by atoms with van der Waals surface area (Å²) in [4.78, 5) is 4.71. The first kappa shape index (κ1) is 16.5. The normalized spacial score (nSPS) is 11.1. The summed E-state index contributed by atoms with van der Waals surface area (Å²) in [5.74, 6) is 2.00. The van der Waals surface area contributed by atoms with E-state index in [1.165, 1.54) is 0 Å². The molecule has 0 unspecified atom stereocenters. The largest absolute Gasteiger partial charge is 0.493 e. The van der Waals surface area contributed by atoms with Crippen LogP contribution in [0.4, 0.5) is 0 Å². The molecule has 0 radical (unpaired) electrons. The standard InChI is InChI=1S/C20H24N2O2/c1-16-8-2-5-11-19(16)24-15-7-13-22-18-10-4-3-9-17(18)21-20(22)12-6-14-23/h2-5,8-11,23H,6-7,12-15H2,1H3.